The van der Waals surface area contributed by atoms with Gasteiger partial charge in [0.25, 0.3) is 0 Å². The van der Waals surface area contributed by atoms with Crippen LogP contribution in [0.25, 0.3) is 0 Å². The molecule has 0 saturated heterocycles. The predicted molar refractivity (Wildman–Crippen MR) is 70.2 cm³/mol. The average Bonchev–Trinajstić information content (AvgIpc) is 2.95. The molecule has 0 radical (unpaired) electrons. The molecule has 0 heterocycles. The molecule has 0 bridgehead atoms. The van der Waals surface area contributed by atoms with E-state index in [1.54, 1.807) is 0 Å². The first-order valence-electron chi connectivity index (χ1n) is 5.76. The molecule has 1 N–H and O–H groups in total. The van der Waals surface area contributed by atoms with E-state index in [-0.39, 0.29) is 6.04 Å². The Morgan fingerprint density at radius 1 is 1.44 bits per heavy atom. The lowest BCUT2D eigenvalue weighted by Crippen LogP contribution is -2.21. The lowest BCUT2D eigenvalue weighted by atomic mass is 10.1. The van der Waals surface area contributed by atoms with Crippen molar-refractivity contribution in [3.8, 4) is 0 Å². The Hall–Kier alpha value is -0.240. The van der Waals surface area contributed by atoms with E-state index in [0.717, 1.165) is 34.0 Å². The highest BCUT2D eigenvalue weighted by molar-refractivity contribution is 6.33. The maximum atomic E-state index is 6.15. The van der Waals surface area contributed by atoms with E-state index >= 15 is 0 Å². The monoisotopic (exact) mass is 257 g/mol. The zero-order chi connectivity index (χ0) is 11.7. The summed E-state index contributed by atoms with van der Waals surface area (Å²) in [5.41, 5.74) is 1.09. The smallest absolute Gasteiger partial charge is 0.0454 e. The van der Waals surface area contributed by atoms with Gasteiger partial charge < -0.3 is 5.32 Å². The van der Waals surface area contributed by atoms with E-state index < -0.39 is 0 Å². The molecule has 2 rings (SSSR count). The van der Waals surface area contributed by atoms with Crippen molar-refractivity contribution in [1.82, 2.24) is 5.32 Å². The molecule has 88 valence electrons. The molecule has 0 aromatic heterocycles. The van der Waals surface area contributed by atoms with Gasteiger partial charge in [-0.2, -0.15) is 0 Å². The lowest BCUT2D eigenvalue weighted by Gasteiger charge is -2.16. The summed E-state index contributed by atoms with van der Waals surface area (Å²) in [5, 5.41) is 5.05. The summed E-state index contributed by atoms with van der Waals surface area (Å²) in [6.45, 7) is 5.50. The number of rotatable bonds is 4. The first-order chi connectivity index (χ1) is 7.58. The summed E-state index contributed by atoms with van der Waals surface area (Å²) in [6, 6.07) is 5.89. The Kier molecular flexibility index (Phi) is 3.78. The summed E-state index contributed by atoms with van der Waals surface area (Å²) in [5.74, 6) is 1.73. The fourth-order valence-corrected chi connectivity index (χ4v) is 2.43. The van der Waals surface area contributed by atoms with Gasteiger partial charge in [0.1, 0.15) is 0 Å². The summed E-state index contributed by atoms with van der Waals surface area (Å²) in [7, 11) is 0. The largest absolute Gasteiger partial charge is 0.310 e. The second kappa shape index (κ2) is 4.95. The van der Waals surface area contributed by atoms with Crippen LogP contribution in [0.1, 0.15) is 31.9 Å². The first kappa shape index (κ1) is 12.2. The second-order valence-electron chi connectivity index (χ2n) is 4.77. The van der Waals surface area contributed by atoms with Crippen molar-refractivity contribution in [2.24, 2.45) is 11.8 Å². The number of nitrogens with one attached hydrogen (secondary N) is 1. The molecule has 1 saturated carbocycles. The fourth-order valence-electron chi connectivity index (χ4n) is 1.97. The molecule has 1 aromatic rings. The van der Waals surface area contributed by atoms with Crippen molar-refractivity contribution < 1.29 is 0 Å². The van der Waals surface area contributed by atoms with Crippen molar-refractivity contribution in [2.45, 2.75) is 26.3 Å². The van der Waals surface area contributed by atoms with Gasteiger partial charge in [-0.25, -0.2) is 0 Å². The van der Waals surface area contributed by atoms with Crippen molar-refractivity contribution in [2.75, 3.05) is 6.54 Å². The first-order valence-corrected chi connectivity index (χ1v) is 6.52. The number of hydrogen-bond acceptors (Lipinski definition) is 1. The zero-order valence-electron chi connectivity index (χ0n) is 9.63. The minimum atomic E-state index is 0.263. The Balaban J connectivity index is 1.96. The molecule has 0 spiro atoms. The molecule has 16 heavy (non-hydrogen) atoms. The normalized spacial score (nSPS) is 25.5. The Bertz CT molecular complexity index is 378. The van der Waals surface area contributed by atoms with Crippen molar-refractivity contribution in [1.29, 1.82) is 0 Å². The van der Waals surface area contributed by atoms with Crippen LogP contribution in [0.4, 0.5) is 0 Å². The molecule has 3 heteroatoms. The highest BCUT2D eigenvalue weighted by Crippen LogP contribution is 2.37. The van der Waals surface area contributed by atoms with Gasteiger partial charge in [0, 0.05) is 16.1 Å². The average molecular weight is 258 g/mol. The van der Waals surface area contributed by atoms with E-state index in [0.29, 0.717) is 0 Å². The van der Waals surface area contributed by atoms with E-state index in [1.807, 2.05) is 18.2 Å². The summed E-state index contributed by atoms with van der Waals surface area (Å²) < 4.78 is 0. The van der Waals surface area contributed by atoms with Gasteiger partial charge in [0.15, 0.2) is 0 Å². The van der Waals surface area contributed by atoms with E-state index in [1.165, 1.54) is 6.42 Å². The van der Waals surface area contributed by atoms with Gasteiger partial charge in [-0.05, 0) is 55.5 Å². The highest BCUT2D eigenvalue weighted by Gasteiger charge is 2.32. The predicted octanol–water partition coefficient (Wildman–Crippen LogP) is 4.30. The van der Waals surface area contributed by atoms with Crippen LogP contribution in [0.3, 0.4) is 0 Å². The van der Waals surface area contributed by atoms with E-state index in [4.69, 9.17) is 23.2 Å². The fraction of sp³-hybridized carbons (Fsp3) is 0.538. The Morgan fingerprint density at radius 3 is 2.75 bits per heavy atom. The lowest BCUT2D eigenvalue weighted by molar-refractivity contribution is 0.535. The van der Waals surface area contributed by atoms with Crippen LogP contribution in [0.15, 0.2) is 18.2 Å². The molecular weight excluding hydrogens is 241 g/mol. The topological polar surface area (TPSA) is 12.0 Å². The van der Waals surface area contributed by atoms with E-state index in [2.05, 4.69) is 19.2 Å². The quantitative estimate of drug-likeness (QED) is 0.849. The molecule has 0 amide bonds. The van der Waals surface area contributed by atoms with Gasteiger partial charge in [0.2, 0.25) is 0 Å². The third-order valence-corrected chi connectivity index (χ3v) is 3.97. The van der Waals surface area contributed by atoms with Crippen LogP contribution in [0, 0.1) is 11.8 Å². The van der Waals surface area contributed by atoms with Gasteiger partial charge >= 0.3 is 0 Å². The molecular formula is C13H17Cl2N. The molecule has 1 aliphatic carbocycles. The van der Waals surface area contributed by atoms with Crippen molar-refractivity contribution >= 4 is 23.2 Å². The summed E-state index contributed by atoms with van der Waals surface area (Å²) in [6.07, 6.45) is 1.35. The van der Waals surface area contributed by atoms with Crippen LogP contribution in [-0.4, -0.2) is 6.54 Å². The molecule has 1 nitrogen and oxygen atoms in total. The maximum absolute atomic E-state index is 6.15. The van der Waals surface area contributed by atoms with Gasteiger partial charge in [-0.3, -0.25) is 0 Å². The number of halogens is 2. The van der Waals surface area contributed by atoms with E-state index in [9.17, 15) is 0 Å². The van der Waals surface area contributed by atoms with Crippen molar-refractivity contribution in [3.63, 3.8) is 0 Å². The van der Waals surface area contributed by atoms with Gasteiger partial charge in [0.05, 0.1) is 0 Å². The maximum Gasteiger partial charge on any atom is 0.0454 e. The standard InChI is InChI=1S/C13H17Cl2N/c1-8-5-10(8)7-16-9(2)12-6-11(14)3-4-13(12)15/h3-4,6,8-10,16H,5,7H2,1-2H3. The molecule has 3 unspecified atom stereocenters. The number of hydrogen-bond donors (Lipinski definition) is 1. The van der Waals surface area contributed by atoms with Crippen LogP contribution in [0.5, 0.6) is 0 Å². The Morgan fingerprint density at radius 2 is 2.12 bits per heavy atom. The summed E-state index contributed by atoms with van der Waals surface area (Å²) >= 11 is 12.1. The molecule has 1 fully saturated rings. The van der Waals surface area contributed by atoms with Crippen LogP contribution in [0.2, 0.25) is 10.0 Å². The molecule has 3 atom stereocenters. The van der Waals surface area contributed by atoms with Gasteiger partial charge in [-0.15, -0.1) is 0 Å². The molecule has 0 aliphatic heterocycles. The highest BCUT2D eigenvalue weighted by atomic mass is 35.5. The second-order valence-corrected chi connectivity index (χ2v) is 5.61. The molecule has 1 aromatic carbocycles. The van der Waals surface area contributed by atoms with Crippen LogP contribution < -0.4 is 5.32 Å². The van der Waals surface area contributed by atoms with Gasteiger partial charge in [-0.1, -0.05) is 30.1 Å². The number of benzene rings is 1. The zero-order valence-corrected chi connectivity index (χ0v) is 11.1. The third-order valence-electron chi connectivity index (χ3n) is 3.39. The minimum Gasteiger partial charge on any atom is -0.310 e. The van der Waals surface area contributed by atoms with Crippen LogP contribution >= 0.6 is 23.2 Å². The minimum absolute atomic E-state index is 0.263. The van der Waals surface area contributed by atoms with Crippen molar-refractivity contribution in [3.05, 3.63) is 33.8 Å². The molecule has 1 aliphatic rings. The SMILES string of the molecule is CC(NCC1CC1C)c1cc(Cl)ccc1Cl. The Labute approximate surface area is 107 Å². The summed E-state index contributed by atoms with van der Waals surface area (Å²) in [4.78, 5) is 0. The van der Waals surface area contributed by atoms with Crippen LogP contribution in [-0.2, 0) is 0 Å². The third kappa shape index (κ3) is 2.91.